The predicted molar refractivity (Wildman–Crippen MR) is 68.5 cm³/mol. The highest BCUT2D eigenvalue weighted by atomic mass is 16.5. The maximum absolute atomic E-state index is 5.96. The first-order chi connectivity index (χ1) is 8.15. The van der Waals surface area contributed by atoms with E-state index in [0.29, 0.717) is 11.7 Å². The van der Waals surface area contributed by atoms with E-state index in [2.05, 4.69) is 30.9 Å². The Morgan fingerprint density at radius 2 is 1.88 bits per heavy atom. The zero-order valence-corrected chi connectivity index (χ0v) is 11.3. The van der Waals surface area contributed by atoms with Crippen molar-refractivity contribution in [1.82, 2.24) is 10.1 Å². The van der Waals surface area contributed by atoms with Gasteiger partial charge in [0.15, 0.2) is 5.82 Å². The van der Waals surface area contributed by atoms with E-state index in [0.717, 1.165) is 18.7 Å². The summed E-state index contributed by atoms with van der Waals surface area (Å²) >= 11 is 0. The van der Waals surface area contributed by atoms with E-state index in [1.807, 2.05) is 0 Å². The van der Waals surface area contributed by atoms with Crippen LogP contribution in [0.5, 0.6) is 0 Å². The van der Waals surface area contributed by atoms with Crippen molar-refractivity contribution in [2.24, 2.45) is 11.7 Å². The lowest BCUT2D eigenvalue weighted by Crippen LogP contribution is -2.18. The first-order valence-electron chi connectivity index (χ1n) is 6.73. The van der Waals surface area contributed by atoms with Gasteiger partial charge in [-0.2, -0.15) is 4.98 Å². The summed E-state index contributed by atoms with van der Waals surface area (Å²) in [5.74, 6) is 1.71. The number of nitrogens with zero attached hydrogens (tertiary/aromatic N) is 2. The molecule has 1 aromatic rings. The minimum absolute atomic E-state index is 0.118. The van der Waals surface area contributed by atoms with E-state index in [1.54, 1.807) is 0 Å². The minimum Gasteiger partial charge on any atom is -0.339 e. The Morgan fingerprint density at radius 1 is 1.18 bits per heavy atom. The molecule has 17 heavy (non-hydrogen) atoms. The average Bonchev–Trinajstić information content (AvgIpc) is 2.76. The lowest BCUT2D eigenvalue weighted by molar-refractivity contribution is 0.359. The van der Waals surface area contributed by atoms with Crippen LogP contribution >= 0.6 is 0 Å². The molecule has 0 aliphatic rings. The molecule has 0 bridgehead atoms. The van der Waals surface area contributed by atoms with Crippen molar-refractivity contribution in [3.8, 4) is 0 Å². The van der Waals surface area contributed by atoms with E-state index < -0.39 is 0 Å². The van der Waals surface area contributed by atoms with Crippen LogP contribution in [0.1, 0.15) is 70.6 Å². The van der Waals surface area contributed by atoms with Gasteiger partial charge in [0.05, 0.1) is 6.04 Å². The molecule has 0 amide bonds. The standard InChI is InChI=1S/C13H25N3O/c1-4-5-6-7-8-9-11-15-13(16-17-11)12(14)10(2)3/h10,12H,4-9,14H2,1-3H3. The highest BCUT2D eigenvalue weighted by Crippen LogP contribution is 2.16. The fourth-order valence-electron chi connectivity index (χ4n) is 1.68. The van der Waals surface area contributed by atoms with Crippen LogP contribution in [0.2, 0.25) is 0 Å². The second-order valence-electron chi connectivity index (χ2n) is 4.98. The Labute approximate surface area is 104 Å². The molecule has 98 valence electrons. The molecular weight excluding hydrogens is 214 g/mol. The summed E-state index contributed by atoms with van der Waals surface area (Å²) in [4.78, 5) is 4.35. The molecule has 0 spiro atoms. The molecule has 1 rings (SSSR count). The lowest BCUT2D eigenvalue weighted by Gasteiger charge is -2.09. The molecule has 1 heterocycles. The van der Waals surface area contributed by atoms with E-state index in [-0.39, 0.29) is 6.04 Å². The molecule has 4 heteroatoms. The third-order valence-electron chi connectivity index (χ3n) is 2.99. The van der Waals surface area contributed by atoms with Crippen molar-refractivity contribution < 1.29 is 4.52 Å². The Hall–Kier alpha value is -0.900. The van der Waals surface area contributed by atoms with Crippen molar-refractivity contribution in [3.05, 3.63) is 11.7 Å². The van der Waals surface area contributed by atoms with Crippen molar-refractivity contribution in [1.29, 1.82) is 0 Å². The third kappa shape index (κ3) is 4.86. The fraction of sp³-hybridized carbons (Fsp3) is 0.846. The van der Waals surface area contributed by atoms with Crippen LogP contribution in [0.4, 0.5) is 0 Å². The summed E-state index contributed by atoms with van der Waals surface area (Å²) in [6.45, 7) is 6.34. The van der Waals surface area contributed by atoms with Gasteiger partial charge in [-0.05, 0) is 12.3 Å². The van der Waals surface area contributed by atoms with Gasteiger partial charge in [-0.3, -0.25) is 0 Å². The van der Waals surface area contributed by atoms with Crippen LogP contribution in [-0.4, -0.2) is 10.1 Å². The second-order valence-corrected chi connectivity index (χ2v) is 4.98. The van der Waals surface area contributed by atoms with Crippen molar-refractivity contribution in [3.63, 3.8) is 0 Å². The van der Waals surface area contributed by atoms with Gasteiger partial charge < -0.3 is 10.3 Å². The molecule has 0 aromatic carbocycles. The Morgan fingerprint density at radius 3 is 2.53 bits per heavy atom. The van der Waals surface area contributed by atoms with Gasteiger partial charge in [-0.1, -0.05) is 51.6 Å². The highest BCUT2D eigenvalue weighted by molar-refractivity contribution is 4.94. The van der Waals surface area contributed by atoms with Gasteiger partial charge in [-0.15, -0.1) is 0 Å². The summed E-state index contributed by atoms with van der Waals surface area (Å²) in [6.07, 6.45) is 7.12. The summed E-state index contributed by atoms with van der Waals surface area (Å²) in [7, 11) is 0. The quantitative estimate of drug-likeness (QED) is 0.707. The van der Waals surface area contributed by atoms with Gasteiger partial charge in [0.1, 0.15) is 0 Å². The van der Waals surface area contributed by atoms with Crippen molar-refractivity contribution in [2.75, 3.05) is 0 Å². The van der Waals surface area contributed by atoms with Gasteiger partial charge >= 0.3 is 0 Å². The van der Waals surface area contributed by atoms with Crippen LogP contribution in [0.25, 0.3) is 0 Å². The molecule has 4 nitrogen and oxygen atoms in total. The van der Waals surface area contributed by atoms with Gasteiger partial charge in [0.2, 0.25) is 5.89 Å². The summed E-state index contributed by atoms with van der Waals surface area (Å²) in [5.41, 5.74) is 5.96. The number of rotatable bonds is 8. The first-order valence-corrected chi connectivity index (χ1v) is 6.73. The van der Waals surface area contributed by atoms with Crippen molar-refractivity contribution in [2.45, 2.75) is 65.3 Å². The topological polar surface area (TPSA) is 64.9 Å². The van der Waals surface area contributed by atoms with Crippen LogP contribution < -0.4 is 5.73 Å². The van der Waals surface area contributed by atoms with E-state index in [4.69, 9.17) is 10.3 Å². The van der Waals surface area contributed by atoms with Gasteiger partial charge in [0, 0.05) is 6.42 Å². The molecular formula is C13H25N3O. The summed E-state index contributed by atoms with van der Waals surface area (Å²) < 4.78 is 5.20. The molecule has 0 aliphatic carbocycles. The zero-order chi connectivity index (χ0) is 12.7. The molecule has 0 radical (unpaired) electrons. The maximum Gasteiger partial charge on any atom is 0.226 e. The molecule has 0 fully saturated rings. The molecule has 1 unspecified atom stereocenters. The number of nitrogens with two attached hydrogens (primary N) is 1. The predicted octanol–water partition coefficient (Wildman–Crippen LogP) is 3.24. The van der Waals surface area contributed by atoms with Gasteiger partial charge in [0.25, 0.3) is 0 Å². The number of aryl methyl sites for hydroxylation is 1. The number of aromatic nitrogens is 2. The van der Waals surface area contributed by atoms with Crippen LogP contribution in [0.3, 0.4) is 0 Å². The number of unbranched alkanes of at least 4 members (excludes halogenated alkanes) is 4. The van der Waals surface area contributed by atoms with Gasteiger partial charge in [-0.25, -0.2) is 0 Å². The molecule has 1 atom stereocenters. The van der Waals surface area contributed by atoms with Crippen LogP contribution in [-0.2, 0) is 6.42 Å². The SMILES string of the molecule is CCCCCCCc1nc(C(N)C(C)C)no1. The Kier molecular flexibility index (Phi) is 6.19. The highest BCUT2D eigenvalue weighted by Gasteiger charge is 2.16. The number of hydrogen-bond acceptors (Lipinski definition) is 4. The second kappa shape index (κ2) is 7.43. The maximum atomic E-state index is 5.96. The number of hydrogen-bond donors (Lipinski definition) is 1. The Bertz CT molecular complexity index is 309. The monoisotopic (exact) mass is 239 g/mol. The van der Waals surface area contributed by atoms with E-state index in [9.17, 15) is 0 Å². The molecule has 1 aromatic heterocycles. The molecule has 0 saturated heterocycles. The Balaban J connectivity index is 2.31. The summed E-state index contributed by atoms with van der Waals surface area (Å²) in [6, 6.07) is -0.118. The fourth-order valence-corrected chi connectivity index (χ4v) is 1.68. The van der Waals surface area contributed by atoms with Crippen molar-refractivity contribution >= 4 is 0 Å². The van der Waals surface area contributed by atoms with Crippen LogP contribution in [0, 0.1) is 5.92 Å². The van der Waals surface area contributed by atoms with E-state index in [1.165, 1.54) is 25.7 Å². The van der Waals surface area contributed by atoms with Crippen LogP contribution in [0.15, 0.2) is 4.52 Å². The van der Waals surface area contributed by atoms with E-state index >= 15 is 0 Å². The largest absolute Gasteiger partial charge is 0.339 e. The molecule has 0 aliphatic heterocycles. The first kappa shape index (κ1) is 14.2. The average molecular weight is 239 g/mol. The lowest BCUT2D eigenvalue weighted by atomic mass is 10.1. The molecule has 2 N–H and O–H groups in total. The zero-order valence-electron chi connectivity index (χ0n) is 11.3. The summed E-state index contributed by atoms with van der Waals surface area (Å²) in [5, 5.41) is 3.94. The smallest absolute Gasteiger partial charge is 0.226 e. The normalized spacial score (nSPS) is 13.2. The minimum atomic E-state index is -0.118. The molecule has 0 saturated carbocycles. The third-order valence-corrected chi connectivity index (χ3v) is 2.99.